The van der Waals surface area contributed by atoms with Gasteiger partial charge in [-0.15, -0.1) is 10.2 Å². The lowest BCUT2D eigenvalue weighted by Gasteiger charge is -2.17. The first-order valence-corrected chi connectivity index (χ1v) is 7.79. The number of carbonyl (C=O) groups excluding carboxylic acids is 1. The highest BCUT2D eigenvalue weighted by atomic mass is 16.2. The van der Waals surface area contributed by atoms with Crippen molar-refractivity contribution in [1.82, 2.24) is 20.1 Å². The second-order valence-electron chi connectivity index (χ2n) is 6.17. The van der Waals surface area contributed by atoms with Crippen LogP contribution >= 0.6 is 0 Å². The SMILES string of the molecule is CCn1cnnc1CNC(=O)C1(c2cc(C)cc(C)c2)CC1. The van der Waals surface area contributed by atoms with E-state index in [9.17, 15) is 4.79 Å². The van der Waals surface area contributed by atoms with Crippen molar-refractivity contribution in [3.8, 4) is 0 Å². The molecule has 22 heavy (non-hydrogen) atoms. The Morgan fingerprint density at radius 1 is 1.27 bits per heavy atom. The molecule has 1 aromatic carbocycles. The Bertz CT molecular complexity index is 680. The average Bonchev–Trinajstić information content (AvgIpc) is 3.17. The fraction of sp³-hybridized carbons (Fsp3) is 0.471. The normalized spacial score (nSPS) is 15.6. The second kappa shape index (κ2) is 5.55. The minimum Gasteiger partial charge on any atom is -0.348 e. The maximum Gasteiger partial charge on any atom is 0.231 e. The van der Waals surface area contributed by atoms with E-state index in [4.69, 9.17) is 0 Å². The summed E-state index contributed by atoms with van der Waals surface area (Å²) in [6.07, 6.45) is 3.53. The van der Waals surface area contributed by atoms with Gasteiger partial charge in [-0.25, -0.2) is 0 Å². The largest absolute Gasteiger partial charge is 0.348 e. The summed E-state index contributed by atoms with van der Waals surface area (Å²) in [5.74, 6) is 0.898. The molecule has 0 spiro atoms. The lowest BCUT2D eigenvalue weighted by molar-refractivity contribution is -0.123. The van der Waals surface area contributed by atoms with E-state index in [1.54, 1.807) is 6.33 Å². The minimum atomic E-state index is -0.339. The first-order valence-electron chi connectivity index (χ1n) is 7.79. The van der Waals surface area contributed by atoms with Gasteiger partial charge in [-0.2, -0.15) is 0 Å². The Kier molecular flexibility index (Phi) is 3.72. The summed E-state index contributed by atoms with van der Waals surface area (Å²) in [5, 5.41) is 11.0. The number of nitrogens with one attached hydrogen (secondary N) is 1. The highest BCUT2D eigenvalue weighted by Crippen LogP contribution is 2.48. The molecule has 3 rings (SSSR count). The molecule has 116 valence electrons. The Labute approximate surface area is 130 Å². The van der Waals surface area contributed by atoms with Gasteiger partial charge in [0.2, 0.25) is 5.91 Å². The molecule has 5 nitrogen and oxygen atoms in total. The minimum absolute atomic E-state index is 0.100. The molecule has 0 unspecified atom stereocenters. The Balaban J connectivity index is 1.74. The second-order valence-corrected chi connectivity index (χ2v) is 6.17. The van der Waals surface area contributed by atoms with Crippen molar-refractivity contribution in [3.05, 3.63) is 47.0 Å². The summed E-state index contributed by atoms with van der Waals surface area (Å²) in [6.45, 7) is 7.43. The van der Waals surface area contributed by atoms with Crippen LogP contribution < -0.4 is 5.32 Å². The van der Waals surface area contributed by atoms with E-state index in [1.165, 1.54) is 11.1 Å². The van der Waals surface area contributed by atoms with Crippen molar-refractivity contribution in [3.63, 3.8) is 0 Å². The summed E-state index contributed by atoms with van der Waals surface area (Å²) in [6, 6.07) is 6.41. The molecule has 1 aliphatic rings. The van der Waals surface area contributed by atoms with Crippen molar-refractivity contribution in [2.24, 2.45) is 0 Å². The zero-order chi connectivity index (χ0) is 15.7. The number of hydrogen-bond donors (Lipinski definition) is 1. The van der Waals surface area contributed by atoms with Crippen LogP contribution in [0.1, 0.15) is 42.3 Å². The summed E-state index contributed by atoms with van der Waals surface area (Å²) >= 11 is 0. The molecule has 0 aliphatic heterocycles. The third kappa shape index (κ3) is 2.63. The van der Waals surface area contributed by atoms with Crippen LogP contribution in [0.15, 0.2) is 24.5 Å². The molecule has 5 heteroatoms. The van der Waals surface area contributed by atoms with Gasteiger partial charge >= 0.3 is 0 Å². The molecule has 1 heterocycles. The third-order valence-corrected chi connectivity index (χ3v) is 4.40. The topological polar surface area (TPSA) is 59.8 Å². The fourth-order valence-corrected chi connectivity index (χ4v) is 3.03. The molecule has 0 radical (unpaired) electrons. The van der Waals surface area contributed by atoms with E-state index in [-0.39, 0.29) is 11.3 Å². The first-order chi connectivity index (χ1) is 10.5. The van der Waals surface area contributed by atoms with Crippen LogP contribution in [-0.4, -0.2) is 20.7 Å². The number of amides is 1. The van der Waals surface area contributed by atoms with Gasteiger partial charge in [0.1, 0.15) is 6.33 Å². The van der Waals surface area contributed by atoms with Crippen LogP contribution in [0.5, 0.6) is 0 Å². The molecular formula is C17H22N4O. The summed E-state index contributed by atoms with van der Waals surface area (Å²) in [4.78, 5) is 12.7. The predicted octanol–water partition coefficient (Wildman–Crippen LogP) is 2.26. The number of carbonyl (C=O) groups is 1. The molecule has 1 fully saturated rings. The maximum atomic E-state index is 12.7. The van der Waals surface area contributed by atoms with Gasteiger partial charge in [0.05, 0.1) is 12.0 Å². The van der Waals surface area contributed by atoms with Gasteiger partial charge < -0.3 is 9.88 Å². The molecule has 1 N–H and O–H groups in total. The zero-order valence-corrected chi connectivity index (χ0v) is 13.4. The Morgan fingerprint density at radius 2 is 1.95 bits per heavy atom. The van der Waals surface area contributed by atoms with Crippen LogP contribution in [0.4, 0.5) is 0 Å². The third-order valence-electron chi connectivity index (χ3n) is 4.40. The zero-order valence-electron chi connectivity index (χ0n) is 13.4. The molecule has 0 saturated heterocycles. The van der Waals surface area contributed by atoms with Crippen molar-refractivity contribution >= 4 is 5.91 Å². The van der Waals surface area contributed by atoms with Gasteiger partial charge in [-0.1, -0.05) is 29.3 Å². The maximum absolute atomic E-state index is 12.7. The fourth-order valence-electron chi connectivity index (χ4n) is 3.03. The molecule has 0 atom stereocenters. The molecule has 0 bridgehead atoms. The van der Waals surface area contributed by atoms with Gasteiger partial charge in [-0.3, -0.25) is 4.79 Å². The van der Waals surface area contributed by atoms with E-state index in [2.05, 4.69) is 47.6 Å². The number of aromatic nitrogens is 3. The van der Waals surface area contributed by atoms with Crippen molar-refractivity contribution in [2.45, 2.75) is 52.1 Å². The quantitative estimate of drug-likeness (QED) is 0.921. The van der Waals surface area contributed by atoms with Gasteiger partial charge in [0, 0.05) is 6.54 Å². The van der Waals surface area contributed by atoms with E-state index >= 15 is 0 Å². The van der Waals surface area contributed by atoms with Gasteiger partial charge in [0.15, 0.2) is 5.82 Å². The number of rotatable bonds is 5. The molecule has 1 saturated carbocycles. The number of aryl methyl sites for hydroxylation is 3. The average molecular weight is 298 g/mol. The molecule has 1 aromatic heterocycles. The van der Waals surface area contributed by atoms with Crippen LogP contribution in [0.25, 0.3) is 0 Å². The number of hydrogen-bond acceptors (Lipinski definition) is 3. The van der Waals surface area contributed by atoms with Crippen LogP contribution in [0, 0.1) is 13.8 Å². The van der Waals surface area contributed by atoms with Gasteiger partial charge in [0.25, 0.3) is 0 Å². The van der Waals surface area contributed by atoms with E-state index in [0.29, 0.717) is 6.54 Å². The van der Waals surface area contributed by atoms with Crippen molar-refractivity contribution in [1.29, 1.82) is 0 Å². The lowest BCUT2D eigenvalue weighted by atomic mass is 9.92. The van der Waals surface area contributed by atoms with Crippen molar-refractivity contribution in [2.75, 3.05) is 0 Å². The Morgan fingerprint density at radius 3 is 2.55 bits per heavy atom. The highest BCUT2D eigenvalue weighted by molar-refractivity contribution is 5.91. The van der Waals surface area contributed by atoms with E-state index < -0.39 is 0 Å². The molecule has 1 aliphatic carbocycles. The molecule has 2 aromatic rings. The van der Waals surface area contributed by atoms with Crippen LogP contribution in [0.3, 0.4) is 0 Å². The van der Waals surface area contributed by atoms with Crippen molar-refractivity contribution < 1.29 is 4.79 Å². The molecular weight excluding hydrogens is 276 g/mol. The van der Waals surface area contributed by atoms with Crippen LogP contribution in [-0.2, 0) is 23.3 Å². The smallest absolute Gasteiger partial charge is 0.231 e. The monoisotopic (exact) mass is 298 g/mol. The van der Waals surface area contributed by atoms with E-state index in [0.717, 1.165) is 30.8 Å². The first kappa shape index (κ1) is 14.8. The standard InChI is InChI=1S/C17H22N4O/c1-4-21-11-19-20-15(21)10-18-16(22)17(5-6-17)14-8-12(2)7-13(3)9-14/h7-9,11H,4-6,10H2,1-3H3,(H,18,22). The summed E-state index contributed by atoms with van der Waals surface area (Å²) in [5.41, 5.74) is 3.22. The predicted molar refractivity (Wildman–Crippen MR) is 84.4 cm³/mol. The van der Waals surface area contributed by atoms with Gasteiger partial charge in [-0.05, 0) is 39.2 Å². The lowest BCUT2D eigenvalue weighted by Crippen LogP contribution is -2.35. The van der Waals surface area contributed by atoms with Crippen LogP contribution in [0.2, 0.25) is 0 Å². The summed E-state index contributed by atoms with van der Waals surface area (Å²) < 4.78 is 1.94. The summed E-state index contributed by atoms with van der Waals surface area (Å²) in [7, 11) is 0. The number of nitrogens with zero attached hydrogens (tertiary/aromatic N) is 3. The number of benzene rings is 1. The Hall–Kier alpha value is -2.17. The van der Waals surface area contributed by atoms with E-state index in [1.807, 2.05) is 11.5 Å². The highest BCUT2D eigenvalue weighted by Gasteiger charge is 2.51. The molecule has 1 amide bonds.